The normalized spacial score (nSPS) is 18.8. The maximum Gasteiger partial charge on any atom is 0.321 e. The van der Waals surface area contributed by atoms with Crippen molar-refractivity contribution in [2.45, 2.75) is 25.6 Å². The summed E-state index contributed by atoms with van der Waals surface area (Å²) in [5.41, 5.74) is 2.34. The van der Waals surface area contributed by atoms with E-state index >= 15 is 0 Å². The second-order valence-electron chi connectivity index (χ2n) is 5.19. The van der Waals surface area contributed by atoms with Crippen molar-refractivity contribution in [2.75, 3.05) is 0 Å². The van der Waals surface area contributed by atoms with E-state index in [9.17, 15) is 9.90 Å². The van der Waals surface area contributed by atoms with E-state index in [4.69, 9.17) is 0 Å². The molecule has 20 heavy (non-hydrogen) atoms. The lowest BCUT2D eigenvalue weighted by Crippen LogP contribution is -2.45. The van der Waals surface area contributed by atoms with E-state index in [2.05, 4.69) is 11.1 Å². The number of benzene rings is 1. The van der Waals surface area contributed by atoms with Gasteiger partial charge in [0.15, 0.2) is 0 Å². The molecule has 0 aliphatic carbocycles. The van der Waals surface area contributed by atoms with Crippen molar-refractivity contribution < 1.29 is 9.90 Å². The highest BCUT2D eigenvalue weighted by molar-refractivity contribution is 5.74. The fraction of sp³-hybridized carbons (Fsp3) is 0.333. The van der Waals surface area contributed by atoms with Gasteiger partial charge in [0.1, 0.15) is 11.9 Å². The molecule has 1 aromatic heterocycles. The standard InChI is InChI=1S/C15H17N3O2/c1-17-7-6-16-14(17)10-18-9-12-5-3-2-4-11(12)8-13(18)15(19)20/h2-7,13H,8-10H2,1H3,(H,19,20). The van der Waals surface area contributed by atoms with Crippen LogP contribution >= 0.6 is 0 Å². The second kappa shape index (κ2) is 5.09. The summed E-state index contributed by atoms with van der Waals surface area (Å²) >= 11 is 0. The Bertz CT molecular complexity index is 636. The average Bonchev–Trinajstić information content (AvgIpc) is 2.83. The molecule has 0 radical (unpaired) electrons. The number of nitrogens with zero attached hydrogens (tertiary/aromatic N) is 3. The van der Waals surface area contributed by atoms with Crippen LogP contribution in [0.15, 0.2) is 36.7 Å². The highest BCUT2D eigenvalue weighted by Gasteiger charge is 2.31. The number of rotatable bonds is 3. The minimum atomic E-state index is -0.770. The first kappa shape index (κ1) is 12.9. The first-order chi connectivity index (χ1) is 9.65. The summed E-state index contributed by atoms with van der Waals surface area (Å²) in [6.45, 7) is 1.20. The van der Waals surface area contributed by atoms with Crippen molar-refractivity contribution in [3.8, 4) is 0 Å². The third-order valence-corrected chi connectivity index (χ3v) is 3.90. The zero-order valence-corrected chi connectivity index (χ0v) is 11.4. The van der Waals surface area contributed by atoms with Crippen LogP contribution in [0.4, 0.5) is 0 Å². The SMILES string of the molecule is Cn1ccnc1CN1Cc2ccccc2CC1C(=O)O. The molecule has 1 aliphatic heterocycles. The molecule has 0 spiro atoms. The number of hydrogen-bond donors (Lipinski definition) is 1. The van der Waals surface area contributed by atoms with Crippen molar-refractivity contribution >= 4 is 5.97 Å². The first-order valence-corrected chi connectivity index (χ1v) is 6.65. The maximum absolute atomic E-state index is 11.5. The van der Waals surface area contributed by atoms with Gasteiger partial charge in [0.2, 0.25) is 0 Å². The van der Waals surface area contributed by atoms with Gasteiger partial charge in [-0.05, 0) is 17.5 Å². The third kappa shape index (κ3) is 2.32. The Hall–Kier alpha value is -2.14. The fourth-order valence-electron chi connectivity index (χ4n) is 2.72. The van der Waals surface area contributed by atoms with Crippen LogP contribution in [0.25, 0.3) is 0 Å². The molecule has 0 saturated heterocycles. The highest BCUT2D eigenvalue weighted by atomic mass is 16.4. The third-order valence-electron chi connectivity index (χ3n) is 3.90. The van der Waals surface area contributed by atoms with E-state index in [-0.39, 0.29) is 0 Å². The van der Waals surface area contributed by atoms with Gasteiger partial charge in [-0.3, -0.25) is 9.69 Å². The molecule has 3 rings (SSSR count). The topological polar surface area (TPSA) is 58.4 Å². The van der Waals surface area contributed by atoms with Crippen molar-refractivity contribution in [2.24, 2.45) is 7.05 Å². The molecular formula is C15H17N3O2. The molecule has 0 saturated carbocycles. The lowest BCUT2D eigenvalue weighted by molar-refractivity contribution is -0.144. The lowest BCUT2D eigenvalue weighted by atomic mass is 9.94. The van der Waals surface area contributed by atoms with Gasteiger partial charge in [-0.15, -0.1) is 0 Å². The number of carboxylic acid groups (broad SMARTS) is 1. The van der Waals surface area contributed by atoms with Crippen LogP contribution in [-0.4, -0.2) is 31.6 Å². The van der Waals surface area contributed by atoms with Gasteiger partial charge in [0.25, 0.3) is 0 Å². The number of hydrogen-bond acceptors (Lipinski definition) is 3. The van der Waals surface area contributed by atoms with Crippen LogP contribution in [0.1, 0.15) is 17.0 Å². The largest absolute Gasteiger partial charge is 0.480 e. The summed E-state index contributed by atoms with van der Waals surface area (Å²) in [7, 11) is 1.93. The van der Waals surface area contributed by atoms with Gasteiger partial charge in [-0.25, -0.2) is 4.98 Å². The Balaban J connectivity index is 1.89. The summed E-state index contributed by atoms with van der Waals surface area (Å²) in [5, 5.41) is 9.46. The molecule has 2 heterocycles. The summed E-state index contributed by atoms with van der Waals surface area (Å²) in [5.74, 6) is 0.115. The number of aryl methyl sites for hydroxylation is 1. The average molecular weight is 271 g/mol. The van der Waals surface area contributed by atoms with Gasteiger partial charge in [0, 0.05) is 26.0 Å². The molecule has 104 valence electrons. The molecule has 5 nitrogen and oxygen atoms in total. The summed E-state index contributed by atoms with van der Waals surface area (Å²) in [6.07, 6.45) is 4.17. The van der Waals surface area contributed by atoms with E-state index < -0.39 is 12.0 Å². The molecule has 1 atom stereocenters. The molecule has 1 aromatic carbocycles. The van der Waals surface area contributed by atoms with Crippen LogP contribution in [0, 0.1) is 0 Å². The van der Waals surface area contributed by atoms with Crippen LogP contribution in [-0.2, 0) is 31.4 Å². The molecule has 0 amide bonds. The number of carboxylic acids is 1. The van der Waals surface area contributed by atoms with E-state index in [0.29, 0.717) is 19.5 Å². The van der Waals surface area contributed by atoms with E-state index in [0.717, 1.165) is 11.4 Å². The molecule has 0 bridgehead atoms. The van der Waals surface area contributed by atoms with Gasteiger partial charge in [-0.1, -0.05) is 24.3 Å². The second-order valence-corrected chi connectivity index (χ2v) is 5.19. The monoisotopic (exact) mass is 271 g/mol. The van der Waals surface area contributed by atoms with Crippen LogP contribution in [0.2, 0.25) is 0 Å². The lowest BCUT2D eigenvalue weighted by Gasteiger charge is -2.34. The predicted molar refractivity (Wildman–Crippen MR) is 74.0 cm³/mol. The molecule has 1 aliphatic rings. The summed E-state index contributed by atoms with van der Waals surface area (Å²) in [4.78, 5) is 17.8. The maximum atomic E-state index is 11.5. The number of imidazole rings is 1. The Morgan fingerprint density at radius 1 is 1.40 bits per heavy atom. The Morgan fingerprint density at radius 2 is 2.15 bits per heavy atom. The summed E-state index contributed by atoms with van der Waals surface area (Å²) < 4.78 is 1.93. The minimum Gasteiger partial charge on any atom is -0.480 e. The quantitative estimate of drug-likeness (QED) is 0.917. The Labute approximate surface area is 117 Å². The van der Waals surface area contributed by atoms with Gasteiger partial charge in [0.05, 0.1) is 6.54 Å². The molecule has 1 unspecified atom stereocenters. The minimum absolute atomic E-state index is 0.485. The molecule has 5 heteroatoms. The van der Waals surface area contributed by atoms with Crippen LogP contribution in [0.3, 0.4) is 0 Å². The Morgan fingerprint density at radius 3 is 2.80 bits per heavy atom. The molecule has 2 aromatic rings. The molecular weight excluding hydrogens is 254 g/mol. The number of aromatic nitrogens is 2. The summed E-state index contributed by atoms with van der Waals surface area (Å²) in [6, 6.07) is 7.56. The van der Waals surface area contributed by atoms with E-state index in [1.54, 1.807) is 6.20 Å². The van der Waals surface area contributed by atoms with E-state index in [1.807, 2.05) is 40.9 Å². The van der Waals surface area contributed by atoms with Crippen molar-refractivity contribution in [3.05, 3.63) is 53.6 Å². The predicted octanol–water partition coefficient (Wildman–Crippen LogP) is 1.43. The smallest absolute Gasteiger partial charge is 0.321 e. The van der Waals surface area contributed by atoms with Gasteiger partial charge >= 0.3 is 5.97 Å². The van der Waals surface area contributed by atoms with Crippen molar-refractivity contribution in [1.29, 1.82) is 0 Å². The Kier molecular flexibility index (Phi) is 3.28. The fourth-order valence-corrected chi connectivity index (χ4v) is 2.72. The van der Waals surface area contributed by atoms with Crippen molar-refractivity contribution in [1.82, 2.24) is 14.5 Å². The van der Waals surface area contributed by atoms with Crippen LogP contribution < -0.4 is 0 Å². The van der Waals surface area contributed by atoms with Gasteiger partial charge in [-0.2, -0.15) is 0 Å². The zero-order chi connectivity index (χ0) is 14.1. The number of fused-ring (bicyclic) bond motifs is 1. The van der Waals surface area contributed by atoms with Crippen molar-refractivity contribution in [3.63, 3.8) is 0 Å². The molecule has 1 N–H and O–H groups in total. The van der Waals surface area contributed by atoms with Crippen LogP contribution in [0.5, 0.6) is 0 Å². The van der Waals surface area contributed by atoms with Gasteiger partial charge < -0.3 is 9.67 Å². The highest BCUT2D eigenvalue weighted by Crippen LogP contribution is 2.24. The molecule has 0 fully saturated rings. The number of aliphatic carboxylic acids is 1. The first-order valence-electron chi connectivity index (χ1n) is 6.65. The zero-order valence-electron chi connectivity index (χ0n) is 11.4. The number of carbonyl (C=O) groups is 1. The van der Waals surface area contributed by atoms with E-state index in [1.165, 1.54) is 5.56 Å².